The van der Waals surface area contributed by atoms with Crippen molar-refractivity contribution in [3.63, 3.8) is 0 Å². The van der Waals surface area contributed by atoms with Gasteiger partial charge in [-0.1, -0.05) is 42.5 Å². The summed E-state index contributed by atoms with van der Waals surface area (Å²) in [6.07, 6.45) is 0. The predicted molar refractivity (Wildman–Crippen MR) is 91.6 cm³/mol. The molecular formula is C19H21N3O. The van der Waals surface area contributed by atoms with Gasteiger partial charge in [-0.2, -0.15) is 0 Å². The van der Waals surface area contributed by atoms with Crippen molar-refractivity contribution in [2.24, 2.45) is 0 Å². The maximum atomic E-state index is 12.5. The Kier molecular flexibility index (Phi) is 3.54. The van der Waals surface area contributed by atoms with Gasteiger partial charge in [0.1, 0.15) is 6.04 Å². The molecule has 2 N–H and O–H groups in total. The predicted octanol–water partition coefficient (Wildman–Crippen LogP) is 2.35. The Hall–Kier alpha value is -2.33. The molecule has 2 aromatic rings. The van der Waals surface area contributed by atoms with Gasteiger partial charge >= 0.3 is 0 Å². The lowest BCUT2D eigenvalue weighted by atomic mass is 9.79. The largest absolute Gasteiger partial charge is 0.388 e. The smallest absolute Gasteiger partial charge is 0.242 e. The van der Waals surface area contributed by atoms with Crippen molar-refractivity contribution in [3.8, 4) is 0 Å². The molecule has 0 spiro atoms. The van der Waals surface area contributed by atoms with Gasteiger partial charge in [-0.3, -0.25) is 9.69 Å². The second-order valence-electron chi connectivity index (χ2n) is 6.21. The molecule has 0 bridgehead atoms. The molecule has 1 saturated heterocycles. The van der Waals surface area contributed by atoms with E-state index < -0.39 is 0 Å². The van der Waals surface area contributed by atoms with Gasteiger partial charge < -0.3 is 10.6 Å². The Labute approximate surface area is 136 Å². The fourth-order valence-electron chi connectivity index (χ4n) is 3.94. The molecule has 1 fully saturated rings. The minimum absolute atomic E-state index is 0.117. The maximum absolute atomic E-state index is 12.5. The van der Waals surface area contributed by atoms with Crippen LogP contribution < -0.4 is 10.6 Å². The molecule has 2 aliphatic rings. The van der Waals surface area contributed by atoms with E-state index in [4.69, 9.17) is 0 Å². The van der Waals surface area contributed by atoms with E-state index in [1.807, 2.05) is 7.05 Å². The van der Waals surface area contributed by atoms with E-state index in [-0.39, 0.29) is 11.9 Å². The van der Waals surface area contributed by atoms with Crippen LogP contribution in [-0.2, 0) is 4.79 Å². The molecule has 2 heterocycles. The van der Waals surface area contributed by atoms with Crippen LogP contribution in [0.3, 0.4) is 0 Å². The van der Waals surface area contributed by atoms with Crippen LogP contribution in [-0.4, -0.2) is 37.5 Å². The number of carbonyl (C=O) groups is 1. The summed E-state index contributed by atoms with van der Waals surface area (Å²) in [6.45, 7) is 2.52. The lowest BCUT2D eigenvalue weighted by Crippen LogP contribution is -2.53. The van der Waals surface area contributed by atoms with Gasteiger partial charge in [-0.15, -0.1) is 0 Å². The molecule has 0 aromatic heterocycles. The zero-order valence-electron chi connectivity index (χ0n) is 13.3. The monoisotopic (exact) mass is 307 g/mol. The van der Waals surface area contributed by atoms with Crippen molar-refractivity contribution in [1.29, 1.82) is 0 Å². The number of nitrogens with one attached hydrogen (secondary N) is 2. The summed E-state index contributed by atoms with van der Waals surface area (Å²) in [7, 11) is 1.92. The lowest BCUT2D eigenvalue weighted by Gasteiger charge is -2.44. The number of hydrogen-bond donors (Lipinski definition) is 2. The molecular weight excluding hydrogens is 286 g/mol. The number of fused-ring (bicyclic) bond motifs is 3. The Morgan fingerprint density at radius 1 is 1.13 bits per heavy atom. The molecule has 4 nitrogen and oxygen atoms in total. The van der Waals surface area contributed by atoms with Crippen molar-refractivity contribution in [2.75, 3.05) is 32.0 Å². The Bertz CT molecular complexity index is 729. The van der Waals surface area contributed by atoms with Gasteiger partial charge in [0, 0.05) is 43.9 Å². The van der Waals surface area contributed by atoms with E-state index in [1.165, 1.54) is 11.1 Å². The van der Waals surface area contributed by atoms with Crippen molar-refractivity contribution in [2.45, 2.75) is 12.0 Å². The summed E-state index contributed by atoms with van der Waals surface area (Å²) in [5, 5.41) is 6.29. The molecule has 0 saturated carbocycles. The highest BCUT2D eigenvalue weighted by Gasteiger charge is 2.40. The van der Waals surface area contributed by atoms with Crippen LogP contribution in [0, 0.1) is 0 Å². The number of piperazine rings is 1. The summed E-state index contributed by atoms with van der Waals surface area (Å²) in [4.78, 5) is 14.8. The fourth-order valence-corrected chi connectivity index (χ4v) is 3.94. The molecule has 118 valence electrons. The first-order valence-corrected chi connectivity index (χ1v) is 8.17. The third-order valence-electron chi connectivity index (χ3n) is 4.99. The van der Waals surface area contributed by atoms with Crippen molar-refractivity contribution < 1.29 is 4.79 Å². The average Bonchev–Trinajstić information content (AvgIpc) is 2.61. The second kappa shape index (κ2) is 5.70. The number of hydrogen-bond acceptors (Lipinski definition) is 3. The molecule has 0 aliphatic carbocycles. The summed E-state index contributed by atoms with van der Waals surface area (Å²) in [5.41, 5.74) is 4.76. The number of anilines is 1. The van der Waals surface area contributed by atoms with Crippen LogP contribution in [0.2, 0.25) is 0 Å². The van der Waals surface area contributed by atoms with Gasteiger partial charge in [0.25, 0.3) is 0 Å². The van der Waals surface area contributed by atoms with Gasteiger partial charge in [0.2, 0.25) is 5.91 Å². The summed E-state index contributed by atoms with van der Waals surface area (Å²) in [5.74, 6) is 0.424. The van der Waals surface area contributed by atoms with Gasteiger partial charge in [0.15, 0.2) is 0 Å². The second-order valence-corrected chi connectivity index (χ2v) is 6.21. The minimum atomic E-state index is -0.178. The first-order valence-electron chi connectivity index (χ1n) is 8.17. The number of rotatable bonds is 2. The number of nitrogens with zero attached hydrogens (tertiary/aromatic N) is 1. The third kappa shape index (κ3) is 2.30. The lowest BCUT2D eigenvalue weighted by molar-refractivity contribution is -0.129. The van der Waals surface area contributed by atoms with Crippen molar-refractivity contribution in [1.82, 2.24) is 10.2 Å². The number of carbonyl (C=O) groups excluding carboxylic acids is 1. The summed E-state index contributed by atoms with van der Waals surface area (Å²) >= 11 is 0. The van der Waals surface area contributed by atoms with Gasteiger partial charge in [0.05, 0.1) is 0 Å². The molecule has 2 aliphatic heterocycles. The maximum Gasteiger partial charge on any atom is 0.242 e. The fraction of sp³-hybridized carbons (Fsp3) is 0.316. The van der Waals surface area contributed by atoms with E-state index in [9.17, 15) is 4.79 Å². The molecule has 4 rings (SSSR count). The minimum Gasteiger partial charge on any atom is -0.388 e. The third-order valence-corrected chi connectivity index (χ3v) is 4.99. The first-order chi connectivity index (χ1) is 11.3. The highest BCUT2D eigenvalue weighted by Crippen LogP contribution is 2.43. The first kappa shape index (κ1) is 14.3. The van der Waals surface area contributed by atoms with Crippen LogP contribution in [0.4, 0.5) is 5.69 Å². The normalized spacial score (nSPS) is 23.6. The van der Waals surface area contributed by atoms with E-state index >= 15 is 0 Å². The SMILES string of the molecule is CNc1cccc2c1[C@@H]1C(=O)NCCN1C[C@H]2c1ccccc1. The van der Waals surface area contributed by atoms with Crippen LogP contribution in [0.1, 0.15) is 28.7 Å². The zero-order chi connectivity index (χ0) is 15.8. The van der Waals surface area contributed by atoms with E-state index in [2.05, 4.69) is 64.1 Å². The Balaban J connectivity index is 1.89. The Morgan fingerprint density at radius 2 is 1.96 bits per heavy atom. The number of benzene rings is 2. The quantitative estimate of drug-likeness (QED) is 0.895. The molecule has 2 atom stereocenters. The standard InChI is InChI=1S/C19H21N3O/c1-20-16-9-5-8-14-15(13-6-3-2-4-7-13)12-22-11-10-21-19(23)18(22)17(14)16/h2-9,15,18,20H,10-12H2,1H3,(H,21,23)/t15-,18+/m0/s1. The van der Waals surface area contributed by atoms with Gasteiger partial charge in [-0.05, 0) is 17.2 Å². The molecule has 4 heteroatoms. The summed E-state index contributed by atoms with van der Waals surface area (Å²) < 4.78 is 0. The average molecular weight is 307 g/mol. The molecule has 23 heavy (non-hydrogen) atoms. The molecule has 0 radical (unpaired) electrons. The highest BCUT2D eigenvalue weighted by molar-refractivity contribution is 5.87. The summed E-state index contributed by atoms with van der Waals surface area (Å²) in [6, 6.07) is 16.7. The highest BCUT2D eigenvalue weighted by atomic mass is 16.2. The number of amides is 1. The molecule has 0 unspecified atom stereocenters. The van der Waals surface area contributed by atoms with Crippen LogP contribution in [0.25, 0.3) is 0 Å². The Morgan fingerprint density at radius 3 is 2.74 bits per heavy atom. The van der Waals surface area contributed by atoms with Crippen LogP contribution >= 0.6 is 0 Å². The van der Waals surface area contributed by atoms with Gasteiger partial charge in [-0.25, -0.2) is 0 Å². The van der Waals surface area contributed by atoms with E-state index in [0.717, 1.165) is 30.9 Å². The van der Waals surface area contributed by atoms with E-state index in [1.54, 1.807) is 0 Å². The molecule has 1 amide bonds. The van der Waals surface area contributed by atoms with Crippen molar-refractivity contribution in [3.05, 3.63) is 65.2 Å². The van der Waals surface area contributed by atoms with Crippen LogP contribution in [0.15, 0.2) is 48.5 Å². The van der Waals surface area contributed by atoms with Crippen molar-refractivity contribution >= 4 is 11.6 Å². The van der Waals surface area contributed by atoms with E-state index in [0.29, 0.717) is 5.92 Å². The topological polar surface area (TPSA) is 44.4 Å². The zero-order valence-corrected chi connectivity index (χ0v) is 13.3. The van der Waals surface area contributed by atoms with Crippen LogP contribution in [0.5, 0.6) is 0 Å². The molecule has 2 aromatic carbocycles.